The predicted molar refractivity (Wildman–Crippen MR) is 173 cm³/mol. The standard InChI is InChI=1S/C35H36N4O6/c1-4-29(34(40)38-36-21-27-15-17-30(42-2)32(19-27)44-23-25-11-7-5-8-12-25)35(41)39-37-22-28-16-18-31(43-3)33(20-28)45-24-26-13-9-6-10-14-26/h5-22,29H,4,23-24H2,1-3H3,(H,38,40)(H,39,41)/b36-21-,37-22-. The van der Waals surface area contributed by atoms with Crippen molar-refractivity contribution in [3.8, 4) is 23.0 Å². The van der Waals surface area contributed by atoms with Crippen LogP contribution in [0.3, 0.4) is 0 Å². The van der Waals surface area contributed by atoms with Gasteiger partial charge in [-0.2, -0.15) is 10.2 Å². The molecule has 2 amide bonds. The SMILES string of the molecule is CCC(C(=O)N/N=C\c1ccc(OC)c(OCc2ccccc2)c1)C(=O)N/N=C\c1ccc(OC)c(OCc2ccccc2)c1. The number of amides is 2. The molecule has 0 aromatic heterocycles. The van der Waals surface area contributed by atoms with Gasteiger partial charge in [0.25, 0.3) is 11.8 Å². The number of ether oxygens (including phenoxy) is 4. The lowest BCUT2D eigenvalue weighted by atomic mass is 10.1. The van der Waals surface area contributed by atoms with Crippen molar-refractivity contribution < 1.29 is 28.5 Å². The minimum absolute atomic E-state index is 0.253. The topological polar surface area (TPSA) is 120 Å². The smallest absolute Gasteiger partial charge is 0.252 e. The zero-order valence-electron chi connectivity index (χ0n) is 25.4. The first kappa shape index (κ1) is 32.3. The van der Waals surface area contributed by atoms with E-state index in [1.165, 1.54) is 12.4 Å². The highest BCUT2D eigenvalue weighted by molar-refractivity contribution is 6.00. The van der Waals surface area contributed by atoms with Gasteiger partial charge in [0.1, 0.15) is 19.1 Å². The van der Waals surface area contributed by atoms with Crippen LogP contribution in [0.4, 0.5) is 0 Å². The molecule has 0 atom stereocenters. The van der Waals surface area contributed by atoms with Gasteiger partial charge < -0.3 is 18.9 Å². The van der Waals surface area contributed by atoms with Crippen molar-refractivity contribution in [1.29, 1.82) is 0 Å². The molecule has 10 heteroatoms. The molecule has 0 bridgehead atoms. The van der Waals surface area contributed by atoms with Gasteiger partial charge in [-0.1, -0.05) is 67.6 Å². The summed E-state index contributed by atoms with van der Waals surface area (Å²) in [5, 5.41) is 8.07. The van der Waals surface area contributed by atoms with Crippen LogP contribution in [0.2, 0.25) is 0 Å². The van der Waals surface area contributed by atoms with Crippen molar-refractivity contribution in [2.75, 3.05) is 14.2 Å². The third-order valence-electron chi connectivity index (χ3n) is 6.67. The highest BCUT2D eigenvalue weighted by atomic mass is 16.5. The van der Waals surface area contributed by atoms with Gasteiger partial charge in [0.05, 0.1) is 26.6 Å². The number of carbonyl (C=O) groups excluding carboxylic acids is 2. The maximum atomic E-state index is 12.8. The number of benzene rings is 4. The lowest BCUT2D eigenvalue weighted by Gasteiger charge is -2.12. The Kier molecular flexibility index (Phi) is 12.1. The number of hydrogen-bond donors (Lipinski definition) is 2. The number of hydrazone groups is 2. The molecule has 232 valence electrons. The lowest BCUT2D eigenvalue weighted by molar-refractivity contribution is -0.135. The third-order valence-corrected chi connectivity index (χ3v) is 6.67. The van der Waals surface area contributed by atoms with E-state index in [1.54, 1.807) is 57.5 Å². The fourth-order valence-electron chi connectivity index (χ4n) is 4.23. The Morgan fingerprint density at radius 3 is 1.44 bits per heavy atom. The Morgan fingerprint density at radius 1 is 0.644 bits per heavy atom. The molecule has 0 fully saturated rings. The Morgan fingerprint density at radius 2 is 1.07 bits per heavy atom. The Balaban J connectivity index is 1.31. The van der Waals surface area contributed by atoms with Crippen LogP contribution in [0.5, 0.6) is 23.0 Å². The summed E-state index contributed by atoms with van der Waals surface area (Å²) in [6.07, 6.45) is 3.19. The predicted octanol–water partition coefficient (Wildman–Crippen LogP) is 5.49. The quantitative estimate of drug-likeness (QED) is 0.105. The van der Waals surface area contributed by atoms with Crippen LogP contribution in [0.15, 0.2) is 107 Å². The zero-order chi connectivity index (χ0) is 31.9. The molecule has 4 aromatic carbocycles. The van der Waals surface area contributed by atoms with Crippen molar-refractivity contribution in [1.82, 2.24) is 10.9 Å². The summed E-state index contributed by atoms with van der Waals surface area (Å²) in [4.78, 5) is 25.5. The molecule has 0 saturated heterocycles. The maximum absolute atomic E-state index is 12.8. The monoisotopic (exact) mass is 608 g/mol. The van der Waals surface area contributed by atoms with Crippen LogP contribution >= 0.6 is 0 Å². The average Bonchev–Trinajstić information content (AvgIpc) is 3.08. The summed E-state index contributed by atoms with van der Waals surface area (Å²) >= 11 is 0. The Bertz CT molecular complexity index is 1490. The maximum Gasteiger partial charge on any atom is 0.252 e. The molecule has 4 rings (SSSR count). The number of rotatable bonds is 15. The average molecular weight is 609 g/mol. The number of carbonyl (C=O) groups is 2. The second-order valence-electron chi connectivity index (χ2n) is 9.80. The number of methoxy groups -OCH3 is 2. The second kappa shape index (κ2) is 16.9. The number of nitrogens with one attached hydrogen (secondary N) is 2. The molecule has 0 aliphatic rings. The van der Waals surface area contributed by atoms with E-state index in [4.69, 9.17) is 18.9 Å². The molecule has 2 N–H and O–H groups in total. The fraction of sp³-hybridized carbons (Fsp3) is 0.200. The molecule has 0 heterocycles. The van der Waals surface area contributed by atoms with E-state index >= 15 is 0 Å². The molecule has 0 saturated carbocycles. The first-order chi connectivity index (χ1) is 22.0. The lowest BCUT2D eigenvalue weighted by Crippen LogP contribution is -2.37. The van der Waals surface area contributed by atoms with Gasteiger partial charge in [-0.25, -0.2) is 10.9 Å². The van der Waals surface area contributed by atoms with E-state index in [0.29, 0.717) is 47.3 Å². The van der Waals surface area contributed by atoms with Crippen molar-refractivity contribution >= 4 is 24.2 Å². The largest absolute Gasteiger partial charge is 0.493 e. The van der Waals surface area contributed by atoms with Crippen LogP contribution in [0, 0.1) is 5.92 Å². The first-order valence-electron chi connectivity index (χ1n) is 14.4. The summed E-state index contributed by atoms with van der Waals surface area (Å²) in [6, 6.07) is 30.1. The van der Waals surface area contributed by atoms with Crippen molar-refractivity contribution in [3.05, 3.63) is 119 Å². The highest BCUT2D eigenvalue weighted by Crippen LogP contribution is 2.29. The normalized spacial score (nSPS) is 11.0. The highest BCUT2D eigenvalue weighted by Gasteiger charge is 2.24. The molecular formula is C35H36N4O6. The minimum Gasteiger partial charge on any atom is -0.493 e. The first-order valence-corrected chi connectivity index (χ1v) is 14.4. The van der Waals surface area contributed by atoms with E-state index < -0.39 is 17.7 Å². The molecule has 0 radical (unpaired) electrons. The van der Waals surface area contributed by atoms with Gasteiger partial charge in [0, 0.05) is 0 Å². The fourth-order valence-corrected chi connectivity index (χ4v) is 4.23. The minimum atomic E-state index is -0.999. The van der Waals surface area contributed by atoms with Gasteiger partial charge in [-0.3, -0.25) is 9.59 Å². The van der Waals surface area contributed by atoms with Crippen molar-refractivity contribution in [2.24, 2.45) is 16.1 Å². The summed E-state index contributed by atoms with van der Waals surface area (Å²) in [5.74, 6) is 0.0923. The molecule has 0 spiro atoms. The van der Waals surface area contributed by atoms with Crippen LogP contribution in [-0.4, -0.2) is 38.5 Å². The van der Waals surface area contributed by atoms with Crippen LogP contribution in [0.1, 0.15) is 35.6 Å². The second-order valence-corrected chi connectivity index (χ2v) is 9.80. The summed E-state index contributed by atoms with van der Waals surface area (Å²) in [7, 11) is 3.13. The molecule has 4 aromatic rings. The van der Waals surface area contributed by atoms with Crippen LogP contribution < -0.4 is 29.8 Å². The van der Waals surface area contributed by atoms with E-state index in [1.807, 2.05) is 60.7 Å². The van der Waals surface area contributed by atoms with Gasteiger partial charge in [0.2, 0.25) is 0 Å². The third kappa shape index (κ3) is 9.69. The zero-order valence-corrected chi connectivity index (χ0v) is 25.4. The molecule has 0 aliphatic carbocycles. The Hall–Kier alpha value is -5.64. The van der Waals surface area contributed by atoms with E-state index in [2.05, 4.69) is 21.1 Å². The van der Waals surface area contributed by atoms with Gasteiger partial charge >= 0.3 is 0 Å². The van der Waals surface area contributed by atoms with Gasteiger partial charge in [0.15, 0.2) is 23.0 Å². The summed E-state index contributed by atoms with van der Waals surface area (Å²) in [6.45, 7) is 2.47. The Labute approximate surface area is 262 Å². The molecule has 0 unspecified atom stereocenters. The summed E-state index contributed by atoms with van der Waals surface area (Å²) in [5.41, 5.74) is 8.26. The van der Waals surface area contributed by atoms with E-state index in [-0.39, 0.29) is 6.42 Å². The molecule has 0 aliphatic heterocycles. The molecule has 45 heavy (non-hydrogen) atoms. The van der Waals surface area contributed by atoms with Gasteiger partial charge in [-0.05, 0) is 65.1 Å². The van der Waals surface area contributed by atoms with Crippen LogP contribution in [0.25, 0.3) is 0 Å². The number of hydrogen-bond acceptors (Lipinski definition) is 8. The van der Waals surface area contributed by atoms with Crippen molar-refractivity contribution in [2.45, 2.75) is 26.6 Å². The van der Waals surface area contributed by atoms with Crippen molar-refractivity contribution in [3.63, 3.8) is 0 Å². The number of nitrogens with zero attached hydrogens (tertiary/aromatic N) is 2. The van der Waals surface area contributed by atoms with Crippen LogP contribution in [-0.2, 0) is 22.8 Å². The molecular weight excluding hydrogens is 572 g/mol. The van der Waals surface area contributed by atoms with E-state index in [9.17, 15) is 9.59 Å². The van der Waals surface area contributed by atoms with E-state index in [0.717, 1.165) is 11.1 Å². The molecule has 10 nitrogen and oxygen atoms in total. The van der Waals surface area contributed by atoms with Gasteiger partial charge in [-0.15, -0.1) is 0 Å². The summed E-state index contributed by atoms with van der Waals surface area (Å²) < 4.78 is 22.7.